The van der Waals surface area contributed by atoms with Crippen LogP contribution in [0.25, 0.3) is 0 Å². The van der Waals surface area contributed by atoms with Crippen LogP contribution in [-0.4, -0.2) is 23.7 Å². The summed E-state index contributed by atoms with van der Waals surface area (Å²) in [5, 5.41) is 5.57. The smallest absolute Gasteiger partial charge is 0.315 e. The van der Waals surface area contributed by atoms with Crippen molar-refractivity contribution in [2.75, 3.05) is 6.54 Å². The molecule has 0 aliphatic carbocycles. The van der Waals surface area contributed by atoms with Crippen molar-refractivity contribution in [3.63, 3.8) is 0 Å². The second kappa shape index (κ2) is 8.02. The lowest BCUT2D eigenvalue weighted by Crippen LogP contribution is -2.40. The quantitative estimate of drug-likeness (QED) is 0.862. The van der Waals surface area contributed by atoms with Crippen LogP contribution in [0.5, 0.6) is 5.75 Å². The summed E-state index contributed by atoms with van der Waals surface area (Å²) in [5.74, 6) is 0.802. The van der Waals surface area contributed by atoms with Gasteiger partial charge in [0.15, 0.2) is 0 Å². The van der Waals surface area contributed by atoms with Crippen molar-refractivity contribution in [2.24, 2.45) is 0 Å². The fourth-order valence-corrected chi connectivity index (χ4v) is 1.87. The molecule has 0 unspecified atom stereocenters. The van der Waals surface area contributed by atoms with Gasteiger partial charge < -0.3 is 15.4 Å². The summed E-state index contributed by atoms with van der Waals surface area (Å²) in [6, 6.07) is 11.4. The van der Waals surface area contributed by atoms with Crippen molar-refractivity contribution in [3.8, 4) is 5.75 Å². The van der Waals surface area contributed by atoms with Gasteiger partial charge in [0.1, 0.15) is 11.9 Å². The first-order valence-corrected chi connectivity index (χ1v) is 7.27. The maximum Gasteiger partial charge on any atom is 0.315 e. The molecule has 0 spiro atoms. The molecule has 1 atom stereocenters. The first-order chi connectivity index (χ1) is 10.6. The van der Waals surface area contributed by atoms with Crippen molar-refractivity contribution in [1.29, 1.82) is 0 Å². The SMILES string of the molecule is Cc1ccc(O[C@@H](C)CNC(=O)NCc2cccnc2)cc1. The van der Waals surface area contributed by atoms with E-state index in [1.54, 1.807) is 12.4 Å². The number of pyridine rings is 1. The molecule has 0 radical (unpaired) electrons. The fourth-order valence-electron chi connectivity index (χ4n) is 1.87. The average Bonchev–Trinajstić information content (AvgIpc) is 2.54. The second-order valence-electron chi connectivity index (χ2n) is 5.17. The van der Waals surface area contributed by atoms with E-state index in [2.05, 4.69) is 15.6 Å². The molecule has 1 heterocycles. The summed E-state index contributed by atoms with van der Waals surface area (Å²) < 4.78 is 5.73. The number of carbonyl (C=O) groups is 1. The molecule has 22 heavy (non-hydrogen) atoms. The molecule has 0 bridgehead atoms. The summed E-state index contributed by atoms with van der Waals surface area (Å²) in [6.45, 7) is 4.84. The lowest BCUT2D eigenvalue weighted by molar-refractivity contribution is 0.207. The Hall–Kier alpha value is -2.56. The molecule has 5 nitrogen and oxygen atoms in total. The summed E-state index contributed by atoms with van der Waals surface area (Å²) in [5.41, 5.74) is 2.15. The van der Waals surface area contributed by atoms with Gasteiger partial charge in [-0.3, -0.25) is 4.98 Å². The molecular formula is C17H21N3O2. The van der Waals surface area contributed by atoms with Gasteiger partial charge in [-0.2, -0.15) is 0 Å². The number of benzene rings is 1. The number of nitrogens with one attached hydrogen (secondary N) is 2. The minimum atomic E-state index is -0.219. The van der Waals surface area contributed by atoms with E-state index in [-0.39, 0.29) is 12.1 Å². The number of rotatable bonds is 6. The maximum atomic E-state index is 11.7. The molecule has 0 saturated heterocycles. The number of hydrogen-bond donors (Lipinski definition) is 2. The van der Waals surface area contributed by atoms with Gasteiger partial charge >= 0.3 is 6.03 Å². The van der Waals surface area contributed by atoms with Gasteiger partial charge in [-0.05, 0) is 37.6 Å². The van der Waals surface area contributed by atoms with Crippen LogP contribution in [0.3, 0.4) is 0 Å². The predicted octanol–water partition coefficient (Wildman–Crippen LogP) is 2.66. The van der Waals surface area contributed by atoms with E-state index in [4.69, 9.17) is 4.74 Å². The number of hydrogen-bond acceptors (Lipinski definition) is 3. The Bertz CT molecular complexity index is 585. The number of nitrogens with zero attached hydrogens (tertiary/aromatic N) is 1. The van der Waals surface area contributed by atoms with Gasteiger partial charge in [0, 0.05) is 18.9 Å². The molecule has 0 aliphatic heterocycles. The highest BCUT2D eigenvalue weighted by Crippen LogP contribution is 2.12. The molecule has 2 rings (SSSR count). The van der Waals surface area contributed by atoms with Gasteiger partial charge in [0.05, 0.1) is 6.54 Å². The molecule has 1 aromatic heterocycles. The monoisotopic (exact) mass is 299 g/mol. The van der Waals surface area contributed by atoms with Gasteiger partial charge in [0.25, 0.3) is 0 Å². The molecule has 1 aromatic carbocycles. The summed E-state index contributed by atoms with van der Waals surface area (Å²) in [4.78, 5) is 15.7. The number of ether oxygens (including phenoxy) is 1. The fraction of sp³-hybridized carbons (Fsp3) is 0.294. The Morgan fingerprint density at radius 1 is 1.23 bits per heavy atom. The van der Waals surface area contributed by atoms with Crippen molar-refractivity contribution in [3.05, 3.63) is 59.9 Å². The number of carbonyl (C=O) groups excluding carboxylic acids is 1. The van der Waals surface area contributed by atoms with E-state index in [0.717, 1.165) is 11.3 Å². The highest BCUT2D eigenvalue weighted by Gasteiger charge is 2.06. The minimum absolute atomic E-state index is 0.105. The standard InChI is InChI=1S/C17H21N3O2/c1-13-5-7-16(8-6-13)22-14(2)10-19-17(21)20-12-15-4-3-9-18-11-15/h3-9,11,14H,10,12H2,1-2H3,(H2,19,20,21)/t14-/m0/s1. The number of aromatic nitrogens is 1. The number of amides is 2. The molecule has 5 heteroatoms. The largest absolute Gasteiger partial charge is 0.489 e. The second-order valence-corrected chi connectivity index (χ2v) is 5.17. The zero-order valence-corrected chi connectivity index (χ0v) is 12.9. The Kier molecular flexibility index (Phi) is 5.77. The van der Waals surface area contributed by atoms with Crippen molar-refractivity contribution in [1.82, 2.24) is 15.6 Å². The Morgan fingerprint density at radius 3 is 2.68 bits per heavy atom. The van der Waals surface area contributed by atoms with Crippen LogP contribution in [0.2, 0.25) is 0 Å². The minimum Gasteiger partial charge on any atom is -0.489 e. The number of aryl methyl sites for hydroxylation is 1. The van der Waals surface area contributed by atoms with Gasteiger partial charge in [-0.15, -0.1) is 0 Å². The predicted molar refractivity (Wildman–Crippen MR) is 85.7 cm³/mol. The van der Waals surface area contributed by atoms with Crippen molar-refractivity contribution >= 4 is 6.03 Å². The molecular weight excluding hydrogens is 278 g/mol. The molecule has 116 valence electrons. The van der Waals surface area contributed by atoms with Crippen LogP contribution in [0.1, 0.15) is 18.1 Å². The highest BCUT2D eigenvalue weighted by molar-refractivity contribution is 5.73. The molecule has 0 fully saturated rings. The van der Waals surface area contributed by atoms with Crippen LogP contribution >= 0.6 is 0 Å². The van der Waals surface area contributed by atoms with Crippen LogP contribution in [0.4, 0.5) is 4.79 Å². The number of urea groups is 1. The van der Waals surface area contributed by atoms with E-state index >= 15 is 0 Å². The van der Waals surface area contributed by atoms with Crippen LogP contribution in [0, 0.1) is 6.92 Å². The van der Waals surface area contributed by atoms with Crippen LogP contribution in [-0.2, 0) is 6.54 Å². The molecule has 2 N–H and O–H groups in total. The zero-order chi connectivity index (χ0) is 15.8. The maximum absolute atomic E-state index is 11.7. The first-order valence-electron chi connectivity index (χ1n) is 7.27. The lowest BCUT2D eigenvalue weighted by Gasteiger charge is -2.16. The Balaban J connectivity index is 1.68. The van der Waals surface area contributed by atoms with Crippen molar-refractivity contribution < 1.29 is 9.53 Å². The highest BCUT2D eigenvalue weighted by atomic mass is 16.5. The Morgan fingerprint density at radius 2 is 2.00 bits per heavy atom. The summed E-state index contributed by atoms with van der Waals surface area (Å²) in [7, 11) is 0. The molecule has 2 aromatic rings. The summed E-state index contributed by atoms with van der Waals surface area (Å²) in [6.07, 6.45) is 3.32. The Labute approximate surface area is 130 Å². The third kappa shape index (κ3) is 5.44. The van der Waals surface area contributed by atoms with Crippen LogP contribution in [0.15, 0.2) is 48.8 Å². The topological polar surface area (TPSA) is 63.2 Å². The van der Waals surface area contributed by atoms with E-state index in [1.165, 1.54) is 5.56 Å². The van der Waals surface area contributed by atoms with E-state index in [9.17, 15) is 4.79 Å². The third-order valence-electron chi connectivity index (χ3n) is 3.08. The molecule has 0 aliphatic rings. The first kappa shape index (κ1) is 15.8. The van der Waals surface area contributed by atoms with E-state index in [0.29, 0.717) is 13.1 Å². The van der Waals surface area contributed by atoms with Crippen LogP contribution < -0.4 is 15.4 Å². The lowest BCUT2D eigenvalue weighted by atomic mass is 10.2. The van der Waals surface area contributed by atoms with Crippen molar-refractivity contribution in [2.45, 2.75) is 26.5 Å². The summed E-state index contributed by atoms with van der Waals surface area (Å²) >= 11 is 0. The van der Waals surface area contributed by atoms with Gasteiger partial charge in [-0.25, -0.2) is 4.79 Å². The molecule has 0 saturated carbocycles. The average molecular weight is 299 g/mol. The van der Waals surface area contributed by atoms with Gasteiger partial charge in [-0.1, -0.05) is 23.8 Å². The molecule has 2 amide bonds. The van der Waals surface area contributed by atoms with E-state index in [1.807, 2.05) is 50.2 Å². The third-order valence-corrected chi connectivity index (χ3v) is 3.08. The van der Waals surface area contributed by atoms with E-state index < -0.39 is 0 Å². The normalized spacial score (nSPS) is 11.5. The van der Waals surface area contributed by atoms with Gasteiger partial charge in [0.2, 0.25) is 0 Å². The zero-order valence-electron chi connectivity index (χ0n) is 12.9.